The maximum atomic E-state index is 10.9. The summed E-state index contributed by atoms with van der Waals surface area (Å²) in [7, 11) is 0. The molecule has 0 heterocycles. The van der Waals surface area contributed by atoms with Crippen LogP contribution in [0.1, 0.15) is 52.9 Å². The van der Waals surface area contributed by atoms with E-state index in [2.05, 4.69) is 20.8 Å². The van der Waals surface area contributed by atoms with Crippen molar-refractivity contribution < 1.29 is 9.90 Å². The van der Waals surface area contributed by atoms with Gasteiger partial charge in [-0.15, -0.1) is 0 Å². The fourth-order valence-electron chi connectivity index (χ4n) is 2.56. The quantitative estimate of drug-likeness (QED) is 0.554. The third-order valence-electron chi connectivity index (χ3n) is 3.69. The van der Waals surface area contributed by atoms with Gasteiger partial charge in [0.25, 0.3) is 0 Å². The average molecular weight is 222 g/mol. The Hall–Kier alpha value is 0.470. The van der Waals surface area contributed by atoms with Crippen molar-refractivity contribution in [3.05, 3.63) is 0 Å². The van der Waals surface area contributed by atoms with Gasteiger partial charge in [0.1, 0.15) is 0 Å². The zero-order valence-corrected chi connectivity index (χ0v) is 9.55. The fraction of sp³-hybridized carbons (Fsp3) is 0.917. The van der Waals surface area contributed by atoms with Gasteiger partial charge in [0.15, 0.2) is 0 Å². The van der Waals surface area contributed by atoms with E-state index < -0.39 is 5.97 Å². The van der Waals surface area contributed by atoms with Crippen molar-refractivity contribution in [3.8, 4) is 0 Å². The van der Waals surface area contributed by atoms with Crippen LogP contribution in [0, 0.1) is 17.3 Å². The van der Waals surface area contributed by atoms with Gasteiger partial charge in [-0.05, 0) is 17.8 Å². The van der Waals surface area contributed by atoms with Crippen LogP contribution >= 0.6 is 0 Å². The van der Waals surface area contributed by atoms with Gasteiger partial charge in [0.2, 0.25) is 0 Å². The minimum atomic E-state index is -0.601. The summed E-state index contributed by atoms with van der Waals surface area (Å²) in [5.74, 6) is -0.253. The Kier molecular flexibility index (Phi) is 6.46. The first-order valence-corrected chi connectivity index (χ1v) is 5.74. The molecule has 1 fully saturated rings. The second-order valence-electron chi connectivity index (χ2n) is 5.09. The van der Waals surface area contributed by atoms with E-state index in [1.165, 1.54) is 25.7 Å². The van der Waals surface area contributed by atoms with Crippen molar-refractivity contribution in [2.75, 3.05) is 0 Å². The number of hydrogen-bond acceptors (Lipinski definition) is 1. The van der Waals surface area contributed by atoms with Crippen molar-refractivity contribution in [2.24, 2.45) is 17.3 Å². The van der Waals surface area contributed by atoms with Crippen molar-refractivity contribution in [2.45, 2.75) is 52.9 Å². The molecule has 0 aromatic rings. The molecule has 3 heteroatoms. The summed E-state index contributed by atoms with van der Waals surface area (Å²) in [4.78, 5) is 10.9. The molecular formula is C12H23NaO2. The number of carbonyl (C=O) groups is 1. The van der Waals surface area contributed by atoms with Crippen molar-refractivity contribution in [3.63, 3.8) is 0 Å². The second-order valence-corrected chi connectivity index (χ2v) is 5.09. The summed E-state index contributed by atoms with van der Waals surface area (Å²) in [6.45, 7) is 6.35. The molecule has 1 saturated carbocycles. The Balaban J connectivity index is 0.00000196. The van der Waals surface area contributed by atoms with Crippen molar-refractivity contribution in [1.82, 2.24) is 0 Å². The normalized spacial score (nSPS) is 26.9. The van der Waals surface area contributed by atoms with E-state index in [1.54, 1.807) is 0 Å². The van der Waals surface area contributed by atoms with Gasteiger partial charge in [-0.1, -0.05) is 46.5 Å². The summed E-state index contributed by atoms with van der Waals surface area (Å²) < 4.78 is 0. The van der Waals surface area contributed by atoms with Crippen LogP contribution in [0.15, 0.2) is 0 Å². The Morgan fingerprint density at radius 2 is 1.87 bits per heavy atom. The van der Waals surface area contributed by atoms with E-state index in [0.717, 1.165) is 6.42 Å². The molecule has 0 aromatic carbocycles. The molecule has 2 nitrogen and oxygen atoms in total. The number of rotatable bonds is 6. The monoisotopic (exact) mass is 222 g/mol. The molecule has 84 valence electrons. The topological polar surface area (TPSA) is 37.3 Å². The fourth-order valence-corrected chi connectivity index (χ4v) is 2.56. The molecule has 0 radical (unpaired) electrons. The number of hydrogen-bond donors (Lipinski definition) is 1. The summed E-state index contributed by atoms with van der Waals surface area (Å²) in [5, 5.41) is 8.96. The first-order chi connectivity index (χ1) is 6.51. The van der Waals surface area contributed by atoms with Gasteiger partial charge in [-0.3, -0.25) is 4.79 Å². The van der Waals surface area contributed by atoms with E-state index in [-0.39, 0.29) is 40.9 Å². The molecule has 0 amide bonds. The van der Waals surface area contributed by atoms with Crippen LogP contribution in [0.5, 0.6) is 0 Å². The van der Waals surface area contributed by atoms with Gasteiger partial charge in [0.05, 0.1) is 5.92 Å². The predicted molar refractivity (Wildman–Crippen MR) is 64.3 cm³/mol. The Bertz CT molecular complexity index is 214. The van der Waals surface area contributed by atoms with Crippen LogP contribution in [0.2, 0.25) is 0 Å². The second kappa shape index (κ2) is 6.27. The number of aliphatic carboxylic acids is 1. The van der Waals surface area contributed by atoms with Crippen LogP contribution < -0.4 is 0 Å². The molecule has 0 bridgehead atoms. The molecule has 0 aliphatic heterocycles. The standard InChI is InChI=1S/C12H22O2.Na.H/c1-4-5-6-7-8-9-10(11(13)14)12(9,2)3;;/h9-10H,4-8H2,1-3H3,(H,13,14);;. The molecular weight excluding hydrogens is 199 g/mol. The Morgan fingerprint density at radius 3 is 2.27 bits per heavy atom. The Labute approximate surface area is 115 Å². The van der Waals surface area contributed by atoms with Crippen LogP contribution in [0.3, 0.4) is 0 Å². The SMILES string of the molecule is CCCCCCC1C(C(=O)O)C1(C)C.[NaH]. The number of unbranched alkanes of at least 4 members (excludes halogenated alkanes) is 3. The van der Waals surface area contributed by atoms with E-state index in [0.29, 0.717) is 5.92 Å². The molecule has 2 unspecified atom stereocenters. The molecule has 1 rings (SSSR count). The third-order valence-corrected chi connectivity index (χ3v) is 3.69. The van der Waals surface area contributed by atoms with Gasteiger partial charge < -0.3 is 5.11 Å². The summed E-state index contributed by atoms with van der Waals surface area (Å²) in [6.07, 6.45) is 6.09. The number of carboxylic acid groups (broad SMARTS) is 1. The molecule has 0 spiro atoms. The van der Waals surface area contributed by atoms with Crippen LogP contribution in [-0.4, -0.2) is 40.6 Å². The van der Waals surface area contributed by atoms with Gasteiger partial charge >= 0.3 is 35.5 Å². The molecule has 1 aliphatic carbocycles. The van der Waals surface area contributed by atoms with Crippen LogP contribution in [0.25, 0.3) is 0 Å². The summed E-state index contributed by atoms with van der Waals surface area (Å²) in [6, 6.07) is 0. The average Bonchev–Trinajstić information content (AvgIpc) is 2.62. The van der Waals surface area contributed by atoms with Gasteiger partial charge in [-0.2, -0.15) is 0 Å². The summed E-state index contributed by atoms with van der Waals surface area (Å²) >= 11 is 0. The van der Waals surface area contributed by atoms with Crippen molar-refractivity contribution >= 4 is 35.5 Å². The molecule has 2 atom stereocenters. The van der Waals surface area contributed by atoms with Crippen molar-refractivity contribution in [1.29, 1.82) is 0 Å². The number of carboxylic acids is 1. The maximum absolute atomic E-state index is 10.9. The van der Waals surface area contributed by atoms with E-state index in [9.17, 15) is 4.79 Å². The minimum absolute atomic E-state index is 0. The molecule has 0 saturated heterocycles. The molecule has 1 aliphatic rings. The van der Waals surface area contributed by atoms with E-state index in [1.807, 2.05) is 0 Å². The molecule has 15 heavy (non-hydrogen) atoms. The first kappa shape index (κ1) is 15.5. The predicted octanol–water partition coefficient (Wildman–Crippen LogP) is 2.67. The molecule has 0 aromatic heterocycles. The zero-order valence-electron chi connectivity index (χ0n) is 9.55. The van der Waals surface area contributed by atoms with Crippen LogP contribution in [0.4, 0.5) is 0 Å². The van der Waals surface area contributed by atoms with Gasteiger partial charge in [0, 0.05) is 0 Å². The third kappa shape index (κ3) is 3.76. The summed E-state index contributed by atoms with van der Waals surface area (Å²) in [5.41, 5.74) is 0.0536. The van der Waals surface area contributed by atoms with Gasteiger partial charge in [-0.25, -0.2) is 0 Å². The van der Waals surface area contributed by atoms with Crippen LogP contribution in [-0.2, 0) is 4.79 Å². The first-order valence-electron chi connectivity index (χ1n) is 5.74. The van der Waals surface area contributed by atoms with E-state index in [4.69, 9.17) is 5.11 Å². The van der Waals surface area contributed by atoms with E-state index >= 15 is 0 Å². The Morgan fingerprint density at radius 1 is 1.27 bits per heavy atom. The zero-order chi connectivity index (χ0) is 10.8. The molecule has 1 N–H and O–H groups in total.